The summed E-state index contributed by atoms with van der Waals surface area (Å²) in [5, 5.41) is 0. The van der Waals surface area contributed by atoms with Gasteiger partial charge in [0, 0.05) is 11.1 Å². The molecule has 0 saturated carbocycles. The van der Waals surface area contributed by atoms with Crippen molar-refractivity contribution in [1.29, 1.82) is 0 Å². The summed E-state index contributed by atoms with van der Waals surface area (Å²) in [7, 11) is 1.38. The van der Waals surface area contributed by atoms with Crippen LogP contribution in [0.25, 0.3) is 0 Å². The van der Waals surface area contributed by atoms with Crippen LogP contribution < -0.4 is 0 Å². The van der Waals surface area contributed by atoms with Gasteiger partial charge >= 0.3 is 0 Å². The third kappa shape index (κ3) is 1.79. The molecule has 0 heterocycles. The minimum absolute atomic E-state index is 0.112. The summed E-state index contributed by atoms with van der Waals surface area (Å²) in [6.07, 6.45) is 0. The Balaban J connectivity index is 3.20. The van der Waals surface area contributed by atoms with Crippen LogP contribution in [0, 0.1) is 0 Å². The van der Waals surface area contributed by atoms with Crippen LogP contribution in [0.15, 0.2) is 22.7 Å². The summed E-state index contributed by atoms with van der Waals surface area (Å²) < 4.78 is 10.1. The van der Waals surface area contributed by atoms with Crippen LogP contribution in [0.2, 0.25) is 0 Å². The van der Waals surface area contributed by atoms with Crippen molar-refractivity contribution in [3.63, 3.8) is 0 Å². The lowest BCUT2D eigenvalue weighted by atomic mass is 9.95. The summed E-state index contributed by atoms with van der Waals surface area (Å²) >= 11 is 0. The molecule has 1 aliphatic carbocycles. The van der Waals surface area contributed by atoms with Gasteiger partial charge in [0.1, 0.15) is 0 Å². The Morgan fingerprint density at radius 3 is 1.93 bits per heavy atom. The maximum Gasteiger partial charge on any atom is 0.227 e. The van der Waals surface area contributed by atoms with Gasteiger partial charge in [-0.1, -0.05) is 0 Å². The van der Waals surface area contributed by atoms with Crippen molar-refractivity contribution in [1.82, 2.24) is 0 Å². The Kier molecular flexibility index (Phi) is 3.29. The molecule has 0 bridgehead atoms. The van der Waals surface area contributed by atoms with Gasteiger partial charge in [-0.05, 0) is 20.8 Å². The fraction of sp³-hybridized carbons (Fsp3) is 0.455. The minimum atomic E-state index is -0.280. The van der Waals surface area contributed by atoms with Crippen molar-refractivity contribution >= 4 is 11.6 Å². The van der Waals surface area contributed by atoms with E-state index in [1.165, 1.54) is 7.11 Å². The molecule has 0 spiro atoms. The maximum absolute atomic E-state index is 11.8. The van der Waals surface area contributed by atoms with E-state index in [0.29, 0.717) is 17.8 Å². The molecule has 0 radical (unpaired) electrons. The van der Waals surface area contributed by atoms with Crippen molar-refractivity contribution in [2.24, 2.45) is 0 Å². The van der Waals surface area contributed by atoms with Gasteiger partial charge in [-0.15, -0.1) is 0 Å². The molecule has 0 fully saturated rings. The van der Waals surface area contributed by atoms with Gasteiger partial charge in [0.05, 0.1) is 13.7 Å². The predicted molar refractivity (Wildman–Crippen MR) is 54.0 cm³/mol. The highest BCUT2D eigenvalue weighted by molar-refractivity contribution is 6.23. The fourth-order valence-electron chi connectivity index (χ4n) is 1.45. The number of ketones is 2. The van der Waals surface area contributed by atoms with Crippen LogP contribution in [0.4, 0.5) is 0 Å². The van der Waals surface area contributed by atoms with Gasteiger partial charge in [-0.25, -0.2) is 0 Å². The third-order valence-corrected chi connectivity index (χ3v) is 2.27. The SMILES string of the molecule is CCOC1=C(C)C(=O)C(OC)=C(C)C1=O. The number of carbonyl (C=O) groups excluding carboxylic acids is 2. The molecule has 15 heavy (non-hydrogen) atoms. The molecule has 0 aromatic heterocycles. The summed E-state index contributed by atoms with van der Waals surface area (Å²) in [4.78, 5) is 23.5. The monoisotopic (exact) mass is 210 g/mol. The lowest BCUT2D eigenvalue weighted by Crippen LogP contribution is -2.24. The van der Waals surface area contributed by atoms with Crippen LogP contribution in [-0.2, 0) is 19.1 Å². The zero-order valence-corrected chi connectivity index (χ0v) is 9.34. The van der Waals surface area contributed by atoms with Crippen molar-refractivity contribution in [2.75, 3.05) is 13.7 Å². The summed E-state index contributed by atoms with van der Waals surface area (Å²) in [6, 6.07) is 0. The quantitative estimate of drug-likeness (QED) is 0.660. The molecule has 82 valence electrons. The zero-order valence-electron chi connectivity index (χ0n) is 9.34. The largest absolute Gasteiger partial charge is 0.492 e. The molecule has 0 aliphatic heterocycles. The summed E-state index contributed by atoms with van der Waals surface area (Å²) in [5.41, 5.74) is 0.612. The van der Waals surface area contributed by atoms with Gasteiger partial charge in [-0.2, -0.15) is 0 Å². The van der Waals surface area contributed by atoms with Crippen LogP contribution >= 0.6 is 0 Å². The predicted octanol–water partition coefficient (Wildman–Crippen LogP) is 1.37. The van der Waals surface area contributed by atoms with E-state index in [9.17, 15) is 9.59 Å². The topological polar surface area (TPSA) is 52.6 Å². The first-order chi connectivity index (χ1) is 7.04. The third-order valence-electron chi connectivity index (χ3n) is 2.27. The van der Waals surface area contributed by atoms with Crippen molar-refractivity contribution in [3.8, 4) is 0 Å². The number of hydrogen-bond acceptors (Lipinski definition) is 4. The van der Waals surface area contributed by atoms with Gasteiger partial charge in [0.25, 0.3) is 0 Å². The lowest BCUT2D eigenvalue weighted by Gasteiger charge is -2.18. The zero-order chi connectivity index (χ0) is 11.6. The highest BCUT2D eigenvalue weighted by atomic mass is 16.5. The van der Waals surface area contributed by atoms with Crippen molar-refractivity contribution < 1.29 is 19.1 Å². The number of hydrogen-bond donors (Lipinski definition) is 0. The first-order valence-electron chi connectivity index (χ1n) is 4.72. The Labute approximate surface area is 88.6 Å². The van der Waals surface area contributed by atoms with Gasteiger partial charge in [0.15, 0.2) is 11.5 Å². The number of ether oxygens (including phenoxy) is 2. The maximum atomic E-state index is 11.8. The van der Waals surface area contributed by atoms with Crippen LogP contribution in [-0.4, -0.2) is 25.3 Å². The molecule has 0 atom stereocenters. The molecule has 0 saturated heterocycles. The van der Waals surface area contributed by atoms with E-state index in [0.717, 1.165) is 0 Å². The molecule has 1 aliphatic rings. The van der Waals surface area contributed by atoms with Gasteiger partial charge in [-0.3, -0.25) is 9.59 Å². The molecule has 4 nitrogen and oxygen atoms in total. The van der Waals surface area contributed by atoms with Crippen LogP contribution in [0.1, 0.15) is 20.8 Å². The molecule has 0 amide bonds. The van der Waals surface area contributed by atoms with E-state index in [2.05, 4.69) is 0 Å². The molecule has 0 N–H and O–H groups in total. The Morgan fingerprint density at radius 1 is 1.00 bits per heavy atom. The first kappa shape index (κ1) is 11.5. The second kappa shape index (κ2) is 4.29. The number of rotatable bonds is 3. The highest BCUT2D eigenvalue weighted by Crippen LogP contribution is 2.25. The summed E-state index contributed by atoms with van der Waals surface area (Å²) in [5.74, 6) is -0.300. The Bertz CT molecular complexity index is 374. The summed E-state index contributed by atoms with van der Waals surface area (Å²) in [6.45, 7) is 5.26. The van der Waals surface area contributed by atoms with E-state index < -0.39 is 0 Å². The molecule has 0 aromatic rings. The van der Waals surface area contributed by atoms with E-state index in [-0.39, 0.29) is 23.1 Å². The lowest BCUT2D eigenvalue weighted by molar-refractivity contribution is -0.121. The molecule has 0 unspecified atom stereocenters. The number of Topliss-reactive ketones (excluding diaryl/α,β-unsaturated/α-hetero) is 2. The molecule has 1 rings (SSSR count). The van der Waals surface area contributed by atoms with E-state index in [1.807, 2.05) is 0 Å². The van der Waals surface area contributed by atoms with E-state index >= 15 is 0 Å². The Morgan fingerprint density at radius 2 is 1.47 bits per heavy atom. The van der Waals surface area contributed by atoms with Crippen molar-refractivity contribution in [2.45, 2.75) is 20.8 Å². The highest BCUT2D eigenvalue weighted by Gasteiger charge is 2.32. The Hall–Kier alpha value is -1.58. The first-order valence-corrected chi connectivity index (χ1v) is 4.72. The van der Waals surface area contributed by atoms with Crippen molar-refractivity contribution in [3.05, 3.63) is 22.7 Å². The average Bonchev–Trinajstić information content (AvgIpc) is 2.23. The van der Waals surface area contributed by atoms with Crippen LogP contribution in [0.3, 0.4) is 0 Å². The average molecular weight is 210 g/mol. The van der Waals surface area contributed by atoms with Crippen LogP contribution in [0.5, 0.6) is 0 Å². The normalized spacial score (nSPS) is 17.3. The molecular formula is C11H14O4. The second-order valence-electron chi connectivity index (χ2n) is 3.20. The number of carbonyl (C=O) groups is 2. The van der Waals surface area contributed by atoms with Gasteiger partial charge < -0.3 is 9.47 Å². The molecule has 4 heteroatoms. The molecular weight excluding hydrogens is 196 g/mol. The fourth-order valence-corrected chi connectivity index (χ4v) is 1.45. The van der Waals surface area contributed by atoms with E-state index in [1.54, 1.807) is 20.8 Å². The number of methoxy groups -OCH3 is 1. The van der Waals surface area contributed by atoms with E-state index in [4.69, 9.17) is 9.47 Å². The van der Waals surface area contributed by atoms with Gasteiger partial charge in [0.2, 0.25) is 11.6 Å². The second-order valence-corrected chi connectivity index (χ2v) is 3.20. The smallest absolute Gasteiger partial charge is 0.227 e. The number of allylic oxidation sites excluding steroid dienone is 2. The minimum Gasteiger partial charge on any atom is -0.492 e. The molecule has 0 aromatic carbocycles. The standard InChI is InChI=1S/C11H14O4/c1-5-15-11-7(3)8(12)10(14-4)6(2)9(11)13/h5H2,1-4H3.